The zero-order valence-electron chi connectivity index (χ0n) is 15.2. The highest BCUT2D eigenvalue weighted by Crippen LogP contribution is 2.21. The van der Waals surface area contributed by atoms with Gasteiger partial charge in [0.15, 0.2) is 0 Å². The number of hydrogen-bond acceptors (Lipinski definition) is 4. The molecule has 0 unspecified atom stereocenters. The number of aliphatic imine (C=N–C) groups is 1. The smallest absolute Gasteiger partial charge is 0.264 e. The molecule has 0 fully saturated rings. The van der Waals surface area contributed by atoms with Crippen LogP contribution in [0, 0.1) is 6.92 Å². The third-order valence-electron chi connectivity index (χ3n) is 4.25. The Bertz CT molecular complexity index is 1090. The number of rotatable bonds is 6. The van der Waals surface area contributed by atoms with Crippen molar-refractivity contribution in [1.29, 1.82) is 0 Å². The summed E-state index contributed by atoms with van der Waals surface area (Å²) in [5.74, 6) is 0.484. The van der Waals surface area contributed by atoms with Gasteiger partial charge in [-0.05, 0) is 48.7 Å². The van der Waals surface area contributed by atoms with Crippen LogP contribution in [0.1, 0.15) is 11.1 Å². The number of nitrogens with two attached hydrogens (primary N) is 1. The maximum absolute atomic E-state index is 12.4. The minimum absolute atomic E-state index is 0.107. The number of nitrogens with zero attached hydrogens (tertiary/aromatic N) is 1. The van der Waals surface area contributed by atoms with Crippen LogP contribution in [-0.4, -0.2) is 33.0 Å². The highest BCUT2D eigenvalue weighted by atomic mass is 32.2. The second-order valence-electron chi connectivity index (χ2n) is 6.11. The number of sulfonamides is 1. The zero-order valence-corrected chi connectivity index (χ0v) is 16.0. The molecule has 1 aromatic heterocycles. The lowest BCUT2D eigenvalue weighted by atomic mass is 10.1. The number of aromatic nitrogens is 1. The van der Waals surface area contributed by atoms with Crippen molar-refractivity contribution in [2.24, 2.45) is 10.7 Å². The molecule has 0 aliphatic rings. The minimum Gasteiger partial charge on any atom is -0.496 e. The highest BCUT2D eigenvalue weighted by Gasteiger charge is 2.16. The Hall–Kier alpha value is -3.00. The average Bonchev–Trinajstić information content (AvgIpc) is 3.04. The van der Waals surface area contributed by atoms with Crippen LogP contribution in [0.3, 0.4) is 0 Å². The van der Waals surface area contributed by atoms with Crippen LogP contribution >= 0.6 is 0 Å². The number of hydrogen-bond donors (Lipinski definition) is 3. The van der Waals surface area contributed by atoms with E-state index in [4.69, 9.17) is 10.5 Å². The number of nitrogens with one attached hydrogen (secondary N) is 2. The van der Waals surface area contributed by atoms with E-state index < -0.39 is 10.0 Å². The van der Waals surface area contributed by atoms with Gasteiger partial charge in [0, 0.05) is 23.6 Å². The molecule has 2 aromatic carbocycles. The normalized spacial score (nSPS) is 12.3. The van der Waals surface area contributed by atoms with Crippen LogP contribution in [0.2, 0.25) is 0 Å². The number of benzene rings is 2. The van der Waals surface area contributed by atoms with E-state index in [1.807, 2.05) is 30.5 Å². The topological polar surface area (TPSA) is 110 Å². The van der Waals surface area contributed by atoms with E-state index in [2.05, 4.69) is 14.7 Å². The summed E-state index contributed by atoms with van der Waals surface area (Å²) < 4.78 is 32.3. The molecule has 0 saturated carbocycles. The van der Waals surface area contributed by atoms with Crippen LogP contribution in [-0.2, 0) is 16.4 Å². The lowest BCUT2D eigenvalue weighted by molar-refractivity contribution is 0.411. The molecule has 27 heavy (non-hydrogen) atoms. The molecule has 0 atom stereocenters. The number of guanidine groups is 1. The Morgan fingerprint density at radius 3 is 2.78 bits per heavy atom. The van der Waals surface area contributed by atoms with Crippen LogP contribution in [0.4, 0.5) is 0 Å². The number of ether oxygens (including phenoxy) is 1. The Kier molecular flexibility index (Phi) is 5.36. The first-order valence-corrected chi connectivity index (χ1v) is 9.91. The van der Waals surface area contributed by atoms with Gasteiger partial charge in [0.25, 0.3) is 10.0 Å². The molecule has 0 spiro atoms. The number of aromatic amines is 1. The van der Waals surface area contributed by atoms with Gasteiger partial charge in [0.1, 0.15) is 5.75 Å². The molecule has 3 rings (SSSR count). The third kappa shape index (κ3) is 4.22. The Labute approximate surface area is 158 Å². The molecule has 0 radical (unpaired) electrons. The second-order valence-corrected chi connectivity index (χ2v) is 7.80. The molecular formula is C19H22N4O3S. The van der Waals surface area contributed by atoms with Crippen LogP contribution in [0.15, 0.2) is 58.5 Å². The van der Waals surface area contributed by atoms with Crippen molar-refractivity contribution in [2.45, 2.75) is 18.2 Å². The molecule has 4 N–H and O–H groups in total. The maximum Gasteiger partial charge on any atom is 0.264 e. The van der Waals surface area contributed by atoms with Gasteiger partial charge in [-0.25, -0.2) is 13.1 Å². The Morgan fingerprint density at radius 1 is 1.26 bits per heavy atom. The first kappa shape index (κ1) is 18.8. The fourth-order valence-electron chi connectivity index (χ4n) is 2.88. The fraction of sp³-hybridized carbons (Fsp3) is 0.211. The maximum atomic E-state index is 12.4. The summed E-state index contributed by atoms with van der Waals surface area (Å²) >= 11 is 0. The van der Waals surface area contributed by atoms with Crippen molar-refractivity contribution in [3.8, 4) is 5.75 Å². The predicted octanol–water partition coefficient (Wildman–Crippen LogP) is 2.32. The van der Waals surface area contributed by atoms with Gasteiger partial charge in [-0.2, -0.15) is 0 Å². The van der Waals surface area contributed by atoms with Gasteiger partial charge in [-0.15, -0.1) is 0 Å². The van der Waals surface area contributed by atoms with E-state index in [1.54, 1.807) is 13.0 Å². The van der Waals surface area contributed by atoms with Crippen LogP contribution < -0.4 is 15.2 Å². The van der Waals surface area contributed by atoms with Crippen LogP contribution in [0.25, 0.3) is 10.9 Å². The first-order valence-electron chi connectivity index (χ1n) is 8.43. The molecule has 8 heteroatoms. The number of aryl methyl sites for hydroxylation is 1. The molecule has 0 aliphatic heterocycles. The summed E-state index contributed by atoms with van der Waals surface area (Å²) in [5, 5.41) is 1.13. The van der Waals surface area contributed by atoms with Crippen molar-refractivity contribution >= 4 is 26.9 Å². The van der Waals surface area contributed by atoms with Gasteiger partial charge >= 0.3 is 0 Å². The number of H-pyrrole nitrogens is 1. The molecule has 7 nitrogen and oxygen atoms in total. The van der Waals surface area contributed by atoms with Gasteiger partial charge in [-0.1, -0.05) is 18.2 Å². The lowest BCUT2D eigenvalue weighted by Gasteiger charge is -2.10. The van der Waals surface area contributed by atoms with Crippen molar-refractivity contribution in [3.63, 3.8) is 0 Å². The Balaban J connectivity index is 1.66. The molecule has 0 aliphatic carbocycles. The summed E-state index contributed by atoms with van der Waals surface area (Å²) in [5.41, 5.74) is 8.65. The SMILES string of the molecule is COc1ccc(S(=O)(=O)NC(N)=NCCc2c[nH]c3ccccc23)cc1C. The van der Waals surface area contributed by atoms with E-state index >= 15 is 0 Å². The van der Waals surface area contributed by atoms with E-state index in [1.165, 1.54) is 19.2 Å². The quantitative estimate of drug-likeness (QED) is 0.446. The third-order valence-corrected chi connectivity index (χ3v) is 5.61. The molecule has 0 saturated heterocycles. The van der Waals surface area contributed by atoms with Crippen molar-refractivity contribution in [1.82, 2.24) is 9.71 Å². The number of methoxy groups -OCH3 is 1. The van der Waals surface area contributed by atoms with Crippen molar-refractivity contribution in [2.75, 3.05) is 13.7 Å². The van der Waals surface area contributed by atoms with Gasteiger partial charge in [0.2, 0.25) is 5.96 Å². The second kappa shape index (κ2) is 7.71. The van der Waals surface area contributed by atoms with Crippen LogP contribution in [0.5, 0.6) is 5.75 Å². The first-order chi connectivity index (χ1) is 12.9. The van der Waals surface area contributed by atoms with E-state index in [0.717, 1.165) is 22.0 Å². The summed E-state index contributed by atoms with van der Waals surface area (Å²) in [7, 11) is -2.26. The van der Waals surface area contributed by atoms with E-state index in [9.17, 15) is 8.42 Å². The van der Waals surface area contributed by atoms with Crippen molar-refractivity contribution in [3.05, 3.63) is 59.8 Å². The Morgan fingerprint density at radius 2 is 2.04 bits per heavy atom. The van der Waals surface area contributed by atoms with E-state index in [-0.39, 0.29) is 10.9 Å². The highest BCUT2D eigenvalue weighted by molar-refractivity contribution is 7.90. The monoisotopic (exact) mass is 386 g/mol. The van der Waals surface area contributed by atoms with Crippen molar-refractivity contribution < 1.29 is 13.2 Å². The lowest BCUT2D eigenvalue weighted by Crippen LogP contribution is -2.37. The average molecular weight is 386 g/mol. The summed E-state index contributed by atoms with van der Waals surface area (Å²) in [6, 6.07) is 12.6. The minimum atomic E-state index is -3.79. The fourth-order valence-corrected chi connectivity index (χ4v) is 3.92. The zero-order chi connectivity index (χ0) is 19.4. The van der Waals surface area contributed by atoms with Gasteiger partial charge < -0.3 is 15.5 Å². The summed E-state index contributed by atoms with van der Waals surface area (Å²) in [6.45, 7) is 2.15. The number of para-hydroxylation sites is 1. The van der Waals surface area contributed by atoms with E-state index in [0.29, 0.717) is 18.7 Å². The molecular weight excluding hydrogens is 364 g/mol. The van der Waals surface area contributed by atoms with Gasteiger partial charge in [-0.3, -0.25) is 4.99 Å². The largest absolute Gasteiger partial charge is 0.496 e. The number of fused-ring (bicyclic) bond motifs is 1. The standard InChI is InChI=1S/C19H22N4O3S/c1-13-11-15(7-8-18(13)26-2)27(24,25)23-19(20)21-10-9-14-12-22-17-6-4-3-5-16(14)17/h3-8,11-12,22H,9-10H2,1-2H3,(H3,20,21,23). The predicted molar refractivity (Wildman–Crippen MR) is 107 cm³/mol. The molecule has 1 heterocycles. The molecule has 3 aromatic rings. The van der Waals surface area contributed by atoms with Gasteiger partial charge in [0.05, 0.1) is 12.0 Å². The summed E-state index contributed by atoms with van der Waals surface area (Å²) in [6.07, 6.45) is 2.58. The molecule has 0 bridgehead atoms. The molecule has 0 amide bonds. The summed E-state index contributed by atoms with van der Waals surface area (Å²) in [4.78, 5) is 7.44. The molecule has 142 valence electrons.